The second kappa shape index (κ2) is 4.88. The molecule has 0 aliphatic heterocycles. The molecule has 0 aliphatic rings. The molecule has 0 bridgehead atoms. The normalized spacial score (nSPS) is 11.2. The molecule has 0 radical (unpaired) electrons. The molecule has 4 heteroatoms. The maximum atomic E-state index is 13.8. The molecular weight excluding hydrogens is 234 g/mol. The maximum absolute atomic E-state index is 13.8. The van der Waals surface area contributed by atoms with Gasteiger partial charge < -0.3 is 5.32 Å². The summed E-state index contributed by atoms with van der Waals surface area (Å²) in [5.74, 6) is -0.773. The Morgan fingerprint density at radius 1 is 1.22 bits per heavy atom. The minimum atomic E-state index is -0.618. The van der Waals surface area contributed by atoms with Crippen LogP contribution in [0.3, 0.4) is 0 Å². The molecular formula is C14H16F2N2. The van der Waals surface area contributed by atoms with Crippen LogP contribution in [0.2, 0.25) is 0 Å². The van der Waals surface area contributed by atoms with Gasteiger partial charge in [-0.05, 0) is 24.5 Å². The lowest BCUT2D eigenvalue weighted by atomic mass is 10.1. The van der Waals surface area contributed by atoms with Crippen LogP contribution in [0.15, 0.2) is 18.2 Å². The molecule has 96 valence electrons. The molecule has 2 aromatic rings. The van der Waals surface area contributed by atoms with Crippen molar-refractivity contribution in [3.8, 4) is 0 Å². The van der Waals surface area contributed by atoms with Gasteiger partial charge in [-0.1, -0.05) is 13.8 Å². The fourth-order valence-electron chi connectivity index (χ4n) is 2.03. The predicted molar refractivity (Wildman–Crippen MR) is 69.7 cm³/mol. The van der Waals surface area contributed by atoms with Gasteiger partial charge in [0.15, 0.2) is 5.82 Å². The highest BCUT2D eigenvalue weighted by atomic mass is 19.1. The summed E-state index contributed by atoms with van der Waals surface area (Å²) in [6.07, 6.45) is 0.765. The van der Waals surface area contributed by atoms with Crippen molar-refractivity contribution in [1.82, 2.24) is 4.98 Å². The fraction of sp³-hybridized carbons (Fsp3) is 0.357. The number of anilines is 1. The van der Waals surface area contributed by atoms with Crippen molar-refractivity contribution in [3.63, 3.8) is 0 Å². The summed E-state index contributed by atoms with van der Waals surface area (Å²) in [7, 11) is 1.73. The molecule has 1 aromatic carbocycles. The van der Waals surface area contributed by atoms with E-state index in [9.17, 15) is 8.78 Å². The van der Waals surface area contributed by atoms with Gasteiger partial charge in [0.2, 0.25) is 0 Å². The Hall–Kier alpha value is -1.71. The van der Waals surface area contributed by atoms with Crippen molar-refractivity contribution in [2.75, 3.05) is 12.4 Å². The first-order valence-electron chi connectivity index (χ1n) is 5.97. The number of nitrogens with one attached hydrogen (secondary N) is 1. The topological polar surface area (TPSA) is 24.9 Å². The number of hydrogen-bond donors (Lipinski definition) is 1. The molecule has 2 nitrogen and oxygen atoms in total. The number of pyridine rings is 1. The Kier molecular flexibility index (Phi) is 3.45. The molecule has 0 unspecified atom stereocenters. The zero-order valence-corrected chi connectivity index (χ0v) is 10.7. The van der Waals surface area contributed by atoms with Crippen LogP contribution in [-0.4, -0.2) is 12.0 Å². The van der Waals surface area contributed by atoms with Crippen LogP contribution in [0.1, 0.15) is 19.5 Å². The van der Waals surface area contributed by atoms with E-state index >= 15 is 0 Å². The minimum absolute atomic E-state index is 0.221. The van der Waals surface area contributed by atoms with Gasteiger partial charge in [0.25, 0.3) is 0 Å². The first-order valence-corrected chi connectivity index (χ1v) is 5.97. The van der Waals surface area contributed by atoms with Crippen LogP contribution < -0.4 is 5.32 Å². The second-order valence-electron chi connectivity index (χ2n) is 4.79. The predicted octanol–water partition coefficient (Wildman–Crippen LogP) is 3.75. The number of benzene rings is 1. The molecule has 0 saturated carbocycles. The van der Waals surface area contributed by atoms with E-state index in [1.807, 2.05) is 6.07 Å². The van der Waals surface area contributed by atoms with E-state index in [1.54, 1.807) is 7.05 Å². The van der Waals surface area contributed by atoms with E-state index in [-0.39, 0.29) is 5.52 Å². The van der Waals surface area contributed by atoms with Crippen LogP contribution >= 0.6 is 0 Å². The molecule has 0 fully saturated rings. The maximum Gasteiger partial charge on any atom is 0.152 e. The number of aromatic nitrogens is 1. The zero-order valence-electron chi connectivity index (χ0n) is 10.7. The summed E-state index contributed by atoms with van der Waals surface area (Å²) in [6.45, 7) is 4.15. The van der Waals surface area contributed by atoms with Gasteiger partial charge in [0, 0.05) is 29.9 Å². The number of fused-ring (bicyclic) bond motifs is 1. The lowest BCUT2D eigenvalue weighted by molar-refractivity contribution is 0.589. The summed E-state index contributed by atoms with van der Waals surface area (Å²) >= 11 is 0. The Morgan fingerprint density at radius 3 is 2.56 bits per heavy atom. The van der Waals surface area contributed by atoms with Gasteiger partial charge in [0.05, 0.1) is 0 Å². The van der Waals surface area contributed by atoms with E-state index in [2.05, 4.69) is 24.1 Å². The highest BCUT2D eigenvalue weighted by Gasteiger charge is 2.11. The van der Waals surface area contributed by atoms with Crippen LogP contribution in [0.25, 0.3) is 10.9 Å². The third kappa shape index (κ3) is 2.42. The van der Waals surface area contributed by atoms with Gasteiger partial charge in [-0.3, -0.25) is 0 Å². The average Bonchev–Trinajstić information content (AvgIpc) is 2.28. The largest absolute Gasteiger partial charge is 0.388 e. The Balaban J connectivity index is 2.67. The minimum Gasteiger partial charge on any atom is -0.388 e. The lowest BCUT2D eigenvalue weighted by Crippen LogP contribution is -2.02. The lowest BCUT2D eigenvalue weighted by Gasteiger charge is -2.11. The fourth-order valence-corrected chi connectivity index (χ4v) is 2.03. The van der Waals surface area contributed by atoms with Crippen molar-refractivity contribution in [3.05, 3.63) is 35.5 Å². The summed E-state index contributed by atoms with van der Waals surface area (Å²) in [5.41, 5.74) is 1.74. The van der Waals surface area contributed by atoms with E-state index in [0.29, 0.717) is 17.0 Å². The van der Waals surface area contributed by atoms with E-state index in [1.165, 1.54) is 6.07 Å². The van der Waals surface area contributed by atoms with E-state index in [0.717, 1.165) is 18.2 Å². The number of nitrogens with zero attached hydrogens (tertiary/aromatic N) is 1. The van der Waals surface area contributed by atoms with E-state index in [4.69, 9.17) is 0 Å². The van der Waals surface area contributed by atoms with Crippen molar-refractivity contribution >= 4 is 16.6 Å². The summed E-state index contributed by atoms with van der Waals surface area (Å²) in [4.78, 5) is 4.28. The van der Waals surface area contributed by atoms with Gasteiger partial charge in [-0.2, -0.15) is 0 Å². The number of halogens is 2. The monoisotopic (exact) mass is 250 g/mol. The standard InChI is InChI=1S/C14H16F2N2/c1-8(2)4-10-7-13(17-3)11-5-9(15)6-12(16)14(11)18-10/h5-8H,4H2,1-3H3,(H,17,18). The van der Waals surface area contributed by atoms with Crippen molar-refractivity contribution < 1.29 is 8.78 Å². The molecule has 0 aliphatic carbocycles. The summed E-state index contributed by atoms with van der Waals surface area (Å²) in [5, 5.41) is 3.44. The quantitative estimate of drug-likeness (QED) is 0.897. The first-order chi connectivity index (χ1) is 8.51. The Morgan fingerprint density at radius 2 is 1.94 bits per heavy atom. The Labute approximate surface area is 105 Å². The zero-order chi connectivity index (χ0) is 13.3. The van der Waals surface area contributed by atoms with Gasteiger partial charge in [0.1, 0.15) is 11.3 Å². The van der Waals surface area contributed by atoms with Crippen molar-refractivity contribution in [2.24, 2.45) is 5.92 Å². The first kappa shape index (κ1) is 12.7. The summed E-state index contributed by atoms with van der Waals surface area (Å²) in [6, 6.07) is 4.02. The molecule has 2 rings (SSSR count). The van der Waals surface area contributed by atoms with Gasteiger partial charge >= 0.3 is 0 Å². The van der Waals surface area contributed by atoms with Crippen LogP contribution in [0.5, 0.6) is 0 Å². The van der Waals surface area contributed by atoms with Gasteiger partial charge in [-0.15, -0.1) is 0 Å². The van der Waals surface area contributed by atoms with Crippen LogP contribution in [0, 0.1) is 17.6 Å². The average molecular weight is 250 g/mol. The third-order valence-electron chi connectivity index (χ3n) is 2.77. The van der Waals surface area contributed by atoms with Crippen LogP contribution in [0.4, 0.5) is 14.5 Å². The molecule has 0 spiro atoms. The molecule has 0 saturated heterocycles. The van der Waals surface area contributed by atoms with Crippen LogP contribution in [-0.2, 0) is 6.42 Å². The van der Waals surface area contributed by atoms with Gasteiger partial charge in [-0.25, -0.2) is 13.8 Å². The van der Waals surface area contributed by atoms with Crippen molar-refractivity contribution in [1.29, 1.82) is 0 Å². The summed E-state index contributed by atoms with van der Waals surface area (Å²) < 4.78 is 27.0. The van der Waals surface area contributed by atoms with E-state index < -0.39 is 11.6 Å². The molecule has 1 N–H and O–H groups in total. The number of hydrogen-bond acceptors (Lipinski definition) is 2. The molecule has 1 heterocycles. The highest BCUT2D eigenvalue weighted by Crippen LogP contribution is 2.27. The van der Waals surface area contributed by atoms with Crippen molar-refractivity contribution in [2.45, 2.75) is 20.3 Å². The molecule has 1 aromatic heterocycles. The molecule has 0 amide bonds. The second-order valence-corrected chi connectivity index (χ2v) is 4.79. The third-order valence-corrected chi connectivity index (χ3v) is 2.77. The number of rotatable bonds is 3. The molecule has 0 atom stereocenters. The Bertz CT molecular complexity index is 580. The smallest absolute Gasteiger partial charge is 0.152 e. The molecule has 18 heavy (non-hydrogen) atoms. The SMILES string of the molecule is CNc1cc(CC(C)C)nc2c(F)cc(F)cc12. The highest BCUT2D eigenvalue weighted by molar-refractivity contribution is 5.91.